The molecule has 0 saturated heterocycles. The van der Waals surface area contributed by atoms with Crippen molar-refractivity contribution in [2.24, 2.45) is 0 Å². The van der Waals surface area contributed by atoms with E-state index in [1.807, 2.05) is 12.1 Å². The van der Waals surface area contributed by atoms with Crippen LogP contribution in [0.5, 0.6) is 5.75 Å². The molecule has 6 heteroatoms. The van der Waals surface area contributed by atoms with Crippen LogP contribution in [-0.2, 0) is 6.61 Å². The van der Waals surface area contributed by atoms with Gasteiger partial charge < -0.3 is 9.84 Å². The zero-order valence-electron chi connectivity index (χ0n) is 9.64. The number of hydrogen-bond donors (Lipinski definition) is 1. The molecule has 0 aliphatic heterocycles. The molecule has 0 aliphatic carbocycles. The van der Waals surface area contributed by atoms with Crippen LogP contribution in [0.1, 0.15) is 16.1 Å². The van der Waals surface area contributed by atoms with Gasteiger partial charge in [0, 0.05) is 21.3 Å². The predicted octanol–water partition coefficient (Wildman–Crippen LogP) is 3.77. The van der Waals surface area contributed by atoms with Gasteiger partial charge in [0.2, 0.25) is 0 Å². The number of aromatic nitrogens is 1. The lowest BCUT2D eigenvalue weighted by molar-refractivity contribution is 0.0685. The van der Waals surface area contributed by atoms with Gasteiger partial charge in [-0.2, -0.15) is 0 Å². The number of carbonyl (C=O) groups is 1. The number of carboxylic acid groups (broad SMARTS) is 1. The number of benzene rings is 1. The number of rotatable bonds is 4. The van der Waals surface area contributed by atoms with Crippen molar-refractivity contribution in [1.29, 1.82) is 0 Å². The Morgan fingerprint density at radius 2 is 2.21 bits per heavy atom. The summed E-state index contributed by atoms with van der Waals surface area (Å²) in [6, 6.07) is 8.57. The molecule has 0 spiro atoms. The van der Waals surface area contributed by atoms with E-state index in [9.17, 15) is 4.79 Å². The maximum atomic E-state index is 11.0. The molecule has 4 nitrogen and oxygen atoms in total. The van der Waals surface area contributed by atoms with E-state index in [4.69, 9.17) is 21.4 Å². The molecular formula is C13H9BrClNO3. The largest absolute Gasteiger partial charge is 0.486 e. The fourth-order valence-electron chi connectivity index (χ4n) is 1.46. The topological polar surface area (TPSA) is 59.4 Å². The third-order valence-corrected chi connectivity index (χ3v) is 3.22. The average Bonchev–Trinajstić information content (AvgIpc) is 2.38. The molecule has 1 heterocycles. The van der Waals surface area contributed by atoms with E-state index in [1.165, 1.54) is 6.20 Å². The van der Waals surface area contributed by atoms with Gasteiger partial charge in [0.05, 0.1) is 0 Å². The highest BCUT2D eigenvalue weighted by atomic mass is 79.9. The quantitative estimate of drug-likeness (QED) is 0.918. The van der Waals surface area contributed by atoms with Crippen molar-refractivity contribution >= 4 is 33.5 Å². The Morgan fingerprint density at radius 3 is 2.89 bits per heavy atom. The van der Waals surface area contributed by atoms with E-state index in [2.05, 4.69) is 20.9 Å². The molecule has 1 aromatic heterocycles. The standard InChI is InChI=1S/C13H9BrClNO3/c14-9-4-3-8(10(15)6-9)7-19-11-2-1-5-16-12(11)13(17)18/h1-6H,7H2,(H,17,18). The van der Waals surface area contributed by atoms with Gasteiger partial charge in [0.1, 0.15) is 6.61 Å². The second-order valence-electron chi connectivity index (χ2n) is 3.68. The number of halogens is 2. The first-order chi connectivity index (χ1) is 9.08. The third kappa shape index (κ3) is 3.45. The van der Waals surface area contributed by atoms with Crippen LogP contribution in [0, 0.1) is 0 Å². The summed E-state index contributed by atoms with van der Waals surface area (Å²) < 4.78 is 6.33. The van der Waals surface area contributed by atoms with Crippen molar-refractivity contribution in [2.75, 3.05) is 0 Å². The molecule has 0 bridgehead atoms. The van der Waals surface area contributed by atoms with E-state index in [0.717, 1.165) is 10.0 Å². The first kappa shape index (κ1) is 13.8. The third-order valence-electron chi connectivity index (χ3n) is 2.37. The second-order valence-corrected chi connectivity index (χ2v) is 5.00. The highest BCUT2D eigenvalue weighted by Crippen LogP contribution is 2.23. The van der Waals surface area contributed by atoms with Gasteiger partial charge in [0.25, 0.3) is 0 Å². The van der Waals surface area contributed by atoms with Crippen LogP contribution in [0.2, 0.25) is 5.02 Å². The van der Waals surface area contributed by atoms with Gasteiger partial charge in [-0.05, 0) is 24.3 Å². The van der Waals surface area contributed by atoms with Gasteiger partial charge in [-0.1, -0.05) is 33.6 Å². The highest BCUT2D eigenvalue weighted by Gasteiger charge is 2.12. The Hall–Kier alpha value is -1.59. The van der Waals surface area contributed by atoms with E-state index in [0.29, 0.717) is 5.02 Å². The number of hydrogen-bond acceptors (Lipinski definition) is 3. The maximum absolute atomic E-state index is 11.0. The summed E-state index contributed by atoms with van der Waals surface area (Å²) in [5, 5.41) is 9.53. The number of pyridine rings is 1. The van der Waals surface area contributed by atoms with Gasteiger partial charge in [-0.15, -0.1) is 0 Å². The van der Waals surface area contributed by atoms with Crippen LogP contribution in [0.4, 0.5) is 0 Å². The monoisotopic (exact) mass is 341 g/mol. The molecule has 2 rings (SSSR count). The van der Waals surface area contributed by atoms with Crippen molar-refractivity contribution in [3.05, 3.63) is 57.3 Å². The summed E-state index contributed by atoms with van der Waals surface area (Å²) in [5.74, 6) is -0.911. The van der Waals surface area contributed by atoms with E-state index >= 15 is 0 Å². The van der Waals surface area contributed by atoms with E-state index < -0.39 is 5.97 Å². The highest BCUT2D eigenvalue weighted by molar-refractivity contribution is 9.10. The summed E-state index contributed by atoms with van der Waals surface area (Å²) in [7, 11) is 0. The lowest BCUT2D eigenvalue weighted by Gasteiger charge is -2.09. The Kier molecular flexibility index (Phi) is 4.39. The molecule has 0 unspecified atom stereocenters. The van der Waals surface area contributed by atoms with Crippen LogP contribution in [0.3, 0.4) is 0 Å². The molecule has 0 aliphatic rings. The van der Waals surface area contributed by atoms with Gasteiger partial charge in [-0.3, -0.25) is 0 Å². The number of ether oxygens (including phenoxy) is 1. The van der Waals surface area contributed by atoms with Crippen LogP contribution >= 0.6 is 27.5 Å². The minimum absolute atomic E-state index is 0.115. The lowest BCUT2D eigenvalue weighted by atomic mass is 10.2. The van der Waals surface area contributed by atoms with Gasteiger partial charge in [0.15, 0.2) is 11.4 Å². The minimum Gasteiger partial charge on any atom is -0.486 e. The molecule has 0 fully saturated rings. The molecule has 1 N–H and O–H groups in total. The van der Waals surface area contributed by atoms with Gasteiger partial charge in [-0.25, -0.2) is 9.78 Å². The van der Waals surface area contributed by atoms with Crippen molar-refractivity contribution in [1.82, 2.24) is 4.98 Å². The van der Waals surface area contributed by atoms with Crippen LogP contribution in [-0.4, -0.2) is 16.1 Å². The number of carboxylic acids is 1. The molecular weight excluding hydrogens is 334 g/mol. The molecule has 0 atom stereocenters. The number of nitrogens with zero attached hydrogens (tertiary/aromatic N) is 1. The normalized spacial score (nSPS) is 10.2. The lowest BCUT2D eigenvalue weighted by Crippen LogP contribution is -2.05. The zero-order chi connectivity index (χ0) is 13.8. The molecule has 19 heavy (non-hydrogen) atoms. The molecule has 1 aromatic carbocycles. The Bertz CT molecular complexity index is 619. The fraction of sp³-hybridized carbons (Fsp3) is 0.0769. The van der Waals surface area contributed by atoms with Crippen molar-refractivity contribution in [2.45, 2.75) is 6.61 Å². The molecule has 0 saturated carbocycles. The first-order valence-electron chi connectivity index (χ1n) is 5.33. The van der Waals surface area contributed by atoms with Crippen LogP contribution in [0.25, 0.3) is 0 Å². The summed E-state index contributed by atoms with van der Waals surface area (Å²) in [4.78, 5) is 14.7. The molecule has 98 valence electrons. The van der Waals surface area contributed by atoms with E-state index in [-0.39, 0.29) is 18.1 Å². The summed E-state index contributed by atoms with van der Waals surface area (Å²) in [6.07, 6.45) is 1.41. The second kappa shape index (κ2) is 6.04. The Labute approximate surface area is 123 Å². The number of aromatic carboxylic acids is 1. The summed E-state index contributed by atoms with van der Waals surface area (Å²) in [5.41, 5.74) is 0.654. The Morgan fingerprint density at radius 1 is 1.42 bits per heavy atom. The van der Waals surface area contributed by atoms with Crippen molar-refractivity contribution in [3.63, 3.8) is 0 Å². The zero-order valence-corrected chi connectivity index (χ0v) is 12.0. The molecule has 0 radical (unpaired) electrons. The Balaban J connectivity index is 2.17. The summed E-state index contributed by atoms with van der Waals surface area (Å²) in [6.45, 7) is 0.179. The summed E-state index contributed by atoms with van der Waals surface area (Å²) >= 11 is 9.37. The smallest absolute Gasteiger partial charge is 0.358 e. The van der Waals surface area contributed by atoms with Crippen LogP contribution < -0.4 is 4.74 Å². The minimum atomic E-state index is -1.13. The predicted molar refractivity (Wildman–Crippen MR) is 74.7 cm³/mol. The fourth-order valence-corrected chi connectivity index (χ4v) is 2.19. The SMILES string of the molecule is O=C(O)c1ncccc1OCc1ccc(Br)cc1Cl. The van der Waals surface area contributed by atoms with Crippen LogP contribution in [0.15, 0.2) is 41.0 Å². The van der Waals surface area contributed by atoms with Crippen molar-refractivity contribution in [3.8, 4) is 5.75 Å². The molecule has 0 amide bonds. The van der Waals surface area contributed by atoms with E-state index in [1.54, 1.807) is 18.2 Å². The average molecular weight is 343 g/mol. The maximum Gasteiger partial charge on any atom is 0.358 e. The first-order valence-corrected chi connectivity index (χ1v) is 6.50. The van der Waals surface area contributed by atoms with Gasteiger partial charge >= 0.3 is 5.97 Å². The van der Waals surface area contributed by atoms with Crippen molar-refractivity contribution < 1.29 is 14.6 Å². The molecule has 2 aromatic rings.